The van der Waals surface area contributed by atoms with E-state index in [1.165, 1.54) is 6.92 Å². The van der Waals surface area contributed by atoms with Gasteiger partial charge in [-0.3, -0.25) is 19.6 Å². The highest BCUT2D eigenvalue weighted by Gasteiger charge is 2.36. The van der Waals surface area contributed by atoms with Gasteiger partial charge in [-0.25, -0.2) is 15.5 Å². The number of aliphatic hydroxyl groups excluding tert-OH is 1. The molecule has 0 bridgehead atoms. The van der Waals surface area contributed by atoms with Crippen molar-refractivity contribution in [2.24, 2.45) is 11.7 Å². The summed E-state index contributed by atoms with van der Waals surface area (Å²) in [5.74, 6) is -1.71. The Morgan fingerprint density at radius 1 is 1.16 bits per heavy atom. The maximum atomic E-state index is 13.1. The van der Waals surface area contributed by atoms with E-state index in [4.69, 9.17) is 5.73 Å². The van der Waals surface area contributed by atoms with Crippen molar-refractivity contribution in [2.45, 2.75) is 52.1 Å². The molecule has 0 saturated heterocycles. The molecule has 5 N–H and O–H groups in total. The summed E-state index contributed by atoms with van der Waals surface area (Å²) in [7, 11) is 0. The smallest absolute Gasteiger partial charge is 0.268 e. The first-order chi connectivity index (χ1) is 14.7. The molecule has 0 heterocycles. The van der Waals surface area contributed by atoms with E-state index in [9.17, 15) is 24.7 Å². The van der Waals surface area contributed by atoms with Crippen molar-refractivity contribution in [3.05, 3.63) is 42.0 Å². The van der Waals surface area contributed by atoms with Gasteiger partial charge in [0.15, 0.2) is 0 Å². The van der Waals surface area contributed by atoms with Gasteiger partial charge in [0, 0.05) is 6.42 Å². The summed E-state index contributed by atoms with van der Waals surface area (Å²) in [6, 6.07) is 7.19. The summed E-state index contributed by atoms with van der Waals surface area (Å²) < 4.78 is 0. The molecule has 0 fully saturated rings. The average molecular weight is 435 g/mol. The number of carbonyl (C=O) groups is 3. The standard InChI is InChI=1S/C22H34N4O5/c1-16(2)12-13-20(28)26(25(14-15-27)22(30)17(3)23)19(21(29)24-31)11-7-10-18-8-5-4-6-9-18/h4-10,16-17,19,27,31H,11-15,23H2,1-3H3,(H,24,29)/t17-,19+/m1/s1. The fourth-order valence-corrected chi connectivity index (χ4v) is 2.95. The van der Waals surface area contributed by atoms with Gasteiger partial charge in [-0.2, -0.15) is 0 Å². The summed E-state index contributed by atoms with van der Waals surface area (Å²) in [6.45, 7) is 4.72. The highest BCUT2D eigenvalue weighted by molar-refractivity contribution is 5.90. The van der Waals surface area contributed by atoms with E-state index in [2.05, 4.69) is 0 Å². The minimum Gasteiger partial charge on any atom is -0.394 e. The summed E-state index contributed by atoms with van der Waals surface area (Å²) in [6.07, 6.45) is 4.12. The molecule has 0 aliphatic heterocycles. The van der Waals surface area contributed by atoms with Crippen LogP contribution in [-0.4, -0.2) is 63.3 Å². The van der Waals surface area contributed by atoms with Crippen LogP contribution < -0.4 is 11.2 Å². The summed E-state index contributed by atoms with van der Waals surface area (Å²) >= 11 is 0. The predicted octanol–water partition coefficient (Wildman–Crippen LogP) is 1.31. The van der Waals surface area contributed by atoms with E-state index in [0.29, 0.717) is 6.42 Å². The molecule has 0 aliphatic rings. The number of benzene rings is 1. The molecule has 1 rings (SSSR count). The summed E-state index contributed by atoms with van der Waals surface area (Å²) in [5, 5.41) is 20.8. The van der Waals surface area contributed by atoms with Gasteiger partial charge >= 0.3 is 0 Å². The van der Waals surface area contributed by atoms with Crippen LogP contribution in [0.25, 0.3) is 6.08 Å². The Labute approximate surface area is 183 Å². The van der Waals surface area contributed by atoms with Gasteiger partial charge in [-0.15, -0.1) is 0 Å². The van der Waals surface area contributed by atoms with Crippen molar-refractivity contribution in [2.75, 3.05) is 13.2 Å². The first-order valence-corrected chi connectivity index (χ1v) is 10.4. The van der Waals surface area contributed by atoms with Crippen LogP contribution in [0.15, 0.2) is 36.4 Å². The Bertz CT molecular complexity index is 737. The van der Waals surface area contributed by atoms with Crippen molar-refractivity contribution in [3.63, 3.8) is 0 Å². The van der Waals surface area contributed by atoms with E-state index in [-0.39, 0.29) is 25.3 Å². The van der Waals surface area contributed by atoms with Crippen molar-refractivity contribution in [1.82, 2.24) is 15.5 Å². The maximum absolute atomic E-state index is 13.1. The normalized spacial score (nSPS) is 13.1. The molecule has 1 aromatic carbocycles. The molecular weight excluding hydrogens is 400 g/mol. The number of hydrazine groups is 1. The van der Waals surface area contributed by atoms with Crippen LogP contribution >= 0.6 is 0 Å². The Balaban J connectivity index is 3.30. The van der Waals surface area contributed by atoms with Crippen molar-refractivity contribution in [3.8, 4) is 0 Å². The van der Waals surface area contributed by atoms with E-state index >= 15 is 0 Å². The van der Waals surface area contributed by atoms with Gasteiger partial charge in [-0.1, -0.05) is 56.3 Å². The first-order valence-electron chi connectivity index (χ1n) is 10.4. The third-order valence-corrected chi connectivity index (χ3v) is 4.58. The van der Waals surface area contributed by atoms with Crippen LogP contribution in [0.3, 0.4) is 0 Å². The number of hydroxylamine groups is 1. The maximum Gasteiger partial charge on any atom is 0.268 e. The molecule has 3 amide bonds. The SMILES string of the molecule is CC(C)CCC(=O)N([C@@H](CC=Cc1ccccc1)C(=O)NO)N(CCO)C(=O)[C@@H](C)N. The van der Waals surface area contributed by atoms with Gasteiger partial charge in [0.1, 0.15) is 6.04 Å². The van der Waals surface area contributed by atoms with Gasteiger partial charge in [0.2, 0.25) is 5.91 Å². The van der Waals surface area contributed by atoms with Gasteiger partial charge < -0.3 is 10.8 Å². The number of hydrogen-bond donors (Lipinski definition) is 4. The third kappa shape index (κ3) is 8.49. The molecule has 0 aromatic heterocycles. The van der Waals surface area contributed by atoms with Crippen molar-refractivity contribution >= 4 is 23.8 Å². The molecule has 31 heavy (non-hydrogen) atoms. The van der Waals surface area contributed by atoms with Gasteiger partial charge in [-0.05, 0) is 31.2 Å². The lowest BCUT2D eigenvalue weighted by molar-refractivity contribution is -0.175. The van der Waals surface area contributed by atoms with Crippen molar-refractivity contribution in [1.29, 1.82) is 0 Å². The second kappa shape index (κ2) is 13.5. The zero-order valence-electron chi connectivity index (χ0n) is 18.4. The summed E-state index contributed by atoms with van der Waals surface area (Å²) in [5.41, 5.74) is 8.21. The Hall–Kier alpha value is -2.75. The lowest BCUT2D eigenvalue weighted by Crippen LogP contribution is -2.61. The Morgan fingerprint density at radius 3 is 2.32 bits per heavy atom. The number of nitrogens with two attached hydrogens (primary N) is 1. The highest BCUT2D eigenvalue weighted by Crippen LogP contribution is 2.17. The molecule has 172 valence electrons. The number of nitrogens with zero attached hydrogens (tertiary/aromatic N) is 2. The topological polar surface area (TPSA) is 136 Å². The quantitative estimate of drug-likeness (QED) is 0.306. The fraction of sp³-hybridized carbons (Fsp3) is 0.500. The number of rotatable bonds is 11. The molecule has 1 aromatic rings. The molecule has 0 saturated carbocycles. The van der Waals surface area contributed by atoms with Crippen LogP contribution in [0.1, 0.15) is 45.6 Å². The largest absolute Gasteiger partial charge is 0.394 e. The molecule has 0 aliphatic carbocycles. The number of aliphatic hydroxyl groups is 1. The fourth-order valence-electron chi connectivity index (χ4n) is 2.95. The first kappa shape index (κ1) is 26.3. The average Bonchev–Trinajstić information content (AvgIpc) is 2.75. The number of nitrogens with one attached hydrogen (secondary N) is 1. The van der Waals surface area contributed by atoms with Crippen LogP contribution in [0, 0.1) is 5.92 Å². The zero-order valence-corrected chi connectivity index (χ0v) is 18.4. The molecule has 2 atom stereocenters. The monoisotopic (exact) mass is 434 g/mol. The van der Waals surface area contributed by atoms with Crippen LogP contribution in [0.2, 0.25) is 0 Å². The Kier molecular flexibility index (Phi) is 11.5. The van der Waals surface area contributed by atoms with Crippen LogP contribution in [0.5, 0.6) is 0 Å². The number of hydrogen-bond acceptors (Lipinski definition) is 6. The molecule has 9 nitrogen and oxygen atoms in total. The lowest BCUT2D eigenvalue weighted by Gasteiger charge is -2.39. The zero-order chi connectivity index (χ0) is 23.4. The van der Waals surface area contributed by atoms with Crippen LogP contribution in [0.4, 0.5) is 0 Å². The van der Waals surface area contributed by atoms with Crippen molar-refractivity contribution < 1.29 is 24.7 Å². The predicted molar refractivity (Wildman–Crippen MR) is 117 cm³/mol. The molecule has 9 heteroatoms. The molecule has 0 unspecified atom stereocenters. The molecular formula is C22H34N4O5. The minimum absolute atomic E-state index is 0.0306. The molecule has 0 radical (unpaired) electrons. The number of amides is 3. The second-order valence-corrected chi connectivity index (χ2v) is 7.69. The second-order valence-electron chi connectivity index (χ2n) is 7.69. The lowest BCUT2D eigenvalue weighted by atomic mass is 10.1. The minimum atomic E-state index is -1.21. The van der Waals surface area contributed by atoms with E-state index in [1.54, 1.807) is 17.6 Å². The van der Waals surface area contributed by atoms with Gasteiger partial charge in [0.05, 0.1) is 19.2 Å². The van der Waals surface area contributed by atoms with Gasteiger partial charge in [0.25, 0.3) is 11.8 Å². The van der Waals surface area contributed by atoms with E-state index in [1.807, 2.05) is 44.2 Å². The highest BCUT2D eigenvalue weighted by atomic mass is 16.5. The third-order valence-electron chi connectivity index (χ3n) is 4.58. The molecule has 0 spiro atoms. The van der Waals surface area contributed by atoms with Crippen LogP contribution in [-0.2, 0) is 14.4 Å². The van der Waals surface area contributed by atoms with E-state index in [0.717, 1.165) is 15.6 Å². The summed E-state index contributed by atoms with van der Waals surface area (Å²) in [4.78, 5) is 38.3. The van der Waals surface area contributed by atoms with E-state index < -0.39 is 36.4 Å². The Morgan fingerprint density at radius 2 is 1.81 bits per heavy atom. The number of carbonyl (C=O) groups excluding carboxylic acids is 3.